The van der Waals surface area contributed by atoms with Crippen LogP contribution in [-0.2, 0) is 4.74 Å². The smallest absolute Gasteiger partial charge is 0.0706 e. The summed E-state index contributed by atoms with van der Waals surface area (Å²) in [6.45, 7) is 6.75. The van der Waals surface area contributed by atoms with E-state index in [2.05, 4.69) is 25.8 Å². The summed E-state index contributed by atoms with van der Waals surface area (Å²) in [5, 5.41) is 9.25. The van der Waals surface area contributed by atoms with Crippen molar-refractivity contribution in [2.24, 2.45) is 0 Å². The molecular weight excluding hydrogens is 166 g/mol. The molecule has 0 radical (unpaired) electrons. The zero-order chi connectivity index (χ0) is 10.0. The summed E-state index contributed by atoms with van der Waals surface area (Å²) in [4.78, 5) is 2.19. The number of aliphatic hydroxyl groups excluding tert-OH is 1. The van der Waals surface area contributed by atoms with Crippen LogP contribution in [0.3, 0.4) is 0 Å². The molecule has 3 nitrogen and oxygen atoms in total. The Kier molecular flexibility index (Phi) is 3.71. The summed E-state index contributed by atoms with van der Waals surface area (Å²) in [6.07, 6.45) is 1.47. The Morgan fingerprint density at radius 2 is 2.15 bits per heavy atom. The highest BCUT2D eigenvalue weighted by molar-refractivity contribution is 4.84. The van der Waals surface area contributed by atoms with Gasteiger partial charge in [0.1, 0.15) is 0 Å². The van der Waals surface area contributed by atoms with Crippen LogP contribution in [0.1, 0.15) is 27.2 Å². The van der Waals surface area contributed by atoms with Gasteiger partial charge in [-0.1, -0.05) is 0 Å². The molecule has 0 spiro atoms. The second-order valence-corrected chi connectivity index (χ2v) is 4.24. The van der Waals surface area contributed by atoms with Gasteiger partial charge in [0.15, 0.2) is 0 Å². The fraction of sp³-hybridized carbons (Fsp3) is 1.00. The Morgan fingerprint density at radius 1 is 1.54 bits per heavy atom. The van der Waals surface area contributed by atoms with Gasteiger partial charge in [-0.05, 0) is 34.2 Å². The van der Waals surface area contributed by atoms with E-state index in [0.717, 1.165) is 13.0 Å². The average molecular weight is 187 g/mol. The molecule has 13 heavy (non-hydrogen) atoms. The molecule has 1 aliphatic heterocycles. The van der Waals surface area contributed by atoms with E-state index < -0.39 is 0 Å². The molecule has 0 aromatic carbocycles. The van der Waals surface area contributed by atoms with Crippen LogP contribution >= 0.6 is 0 Å². The van der Waals surface area contributed by atoms with Gasteiger partial charge in [-0.2, -0.15) is 0 Å². The van der Waals surface area contributed by atoms with Crippen LogP contribution in [0.2, 0.25) is 0 Å². The van der Waals surface area contributed by atoms with Gasteiger partial charge in [-0.3, -0.25) is 4.90 Å². The molecular formula is C10H21NO2. The number of hydrogen-bond donors (Lipinski definition) is 1. The van der Waals surface area contributed by atoms with Crippen molar-refractivity contribution in [3.63, 3.8) is 0 Å². The van der Waals surface area contributed by atoms with Crippen molar-refractivity contribution in [1.29, 1.82) is 0 Å². The van der Waals surface area contributed by atoms with Gasteiger partial charge in [-0.15, -0.1) is 0 Å². The Labute approximate surface area is 80.7 Å². The van der Waals surface area contributed by atoms with Crippen LogP contribution in [0.4, 0.5) is 0 Å². The summed E-state index contributed by atoms with van der Waals surface area (Å²) in [6, 6.07) is 0.463. The SMILES string of the molecule is CC1CC(N(C)C[C@@H](C)O)C(C)O1. The maximum absolute atomic E-state index is 9.25. The third-order valence-electron chi connectivity index (χ3n) is 2.68. The molecule has 78 valence electrons. The van der Waals surface area contributed by atoms with Gasteiger partial charge >= 0.3 is 0 Å². The van der Waals surface area contributed by atoms with Crippen molar-refractivity contribution in [2.75, 3.05) is 13.6 Å². The standard InChI is InChI=1S/C10H21NO2/c1-7(12)6-11(4)10-5-8(2)13-9(10)3/h7-10,12H,5-6H2,1-4H3/t7-,8?,9?,10?/m1/s1. The summed E-state index contributed by atoms with van der Waals surface area (Å²) in [5.74, 6) is 0. The second kappa shape index (κ2) is 4.40. The van der Waals surface area contributed by atoms with E-state index in [0.29, 0.717) is 18.2 Å². The number of likely N-dealkylation sites (N-methyl/N-ethyl adjacent to an activating group) is 1. The van der Waals surface area contributed by atoms with Gasteiger partial charge < -0.3 is 9.84 Å². The van der Waals surface area contributed by atoms with E-state index >= 15 is 0 Å². The van der Waals surface area contributed by atoms with Crippen molar-refractivity contribution < 1.29 is 9.84 Å². The molecule has 3 unspecified atom stereocenters. The van der Waals surface area contributed by atoms with Crippen molar-refractivity contribution in [2.45, 2.75) is 51.5 Å². The summed E-state index contributed by atoms with van der Waals surface area (Å²) >= 11 is 0. The maximum Gasteiger partial charge on any atom is 0.0706 e. The first-order valence-electron chi connectivity index (χ1n) is 5.04. The van der Waals surface area contributed by atoms with Crippen LogP contribution in [0, 0.1) is 0 Å². The van der Waals surface area contributed by atoms with Crippen LogP contribution in [0.5, 0.6) is 0 Å². The third-order valence-corrected chi connectivity index (χ3v) is 2.68. The number of ether oxygens (including phenoxy) is 1. The molecule has 0 aromatic heterocycles. The average Bonchev–Trinajstić information content (AvgIpc) is 2.28. The Morgan fingerprint density at radius 3 is 2.54 bits per heavy atom. The quantitative estimate of drug-likeness (QED) is 0.711. The zero-order valence-corrected chi connectivity index (χ0v) is 9.03. The molecule has 0 saturated carbocycles. The van der Waals surface area contributed by atoms with Crippen molar-refractivity contribution in [3.8, 4) is 0 Å². The molecule has 0 amide bonds. The molecule has 4 atom stereocenters. The normalized spacial score (nSPS) is 36.9. The Bertz CT molecular complexity index is 161. The van der Waals surface area contributed by atoms with Crippen LogP contribution in [0.15, 0.2) is 0 Å². The van der Waals surface area contributed by atoms with Crippen molar-refractivity contribution in [3.05, 3.63) is 0 Å². The number of nitrogens with zero attached hydrogens (tertiary/aromatic N) is 1. The topological polar surface area (TPSA) is 32.7 Å². The van der Waals surface area contributed by atoms with E-state index in [1.54, 1.807) is 0 Å². The molecule has 1 N–H and O–H groups in total. The molecule has 1 aliphatic rings. The molecule has 1 heterocycles. The summed E-state index contributed by atoms with van der Waals surface area (Å²) in [7, 11) is 2.05. The van der Waals surface area contributed by atoms with Crippen LogP contribution < -0.4 is 0 Å². The predicted molar refractivity (Wildman–Crippen MR) is 52.7 cm³/mol. The van der Waals surface area contributed by atoms with Crippen molar-refractivity contribution in [1.82, 2.24) is 4.90 Å². The third kappa shape index (κ3) is 2.93. The van der Waals surface area contributed by atoms with Gasteiger partial charge in [0.2, 0.25) is 0 Å². The van der Waals surface area contributed by atoms with Gasteiger partial charge in [0, 0.05) is 12.6 Å². The first-order chi connectivity index (χ1) is 6.00. The number of rotatable bonds is 3. The highest BCUT2D eigenvalue weighted by atomic mass is 16.5. The number of hydrogen-bond acceptors (Lipinski definition) is 3. The summed E-state index contributed by atoms with van der Waals surface area (Å²) in [5.41, 5.74) is 0. The molecule has 1 fully saturated rings. The Balaban J connectivity index is 2.42. The fourth-order valence-electron chi connectivity index (χ4n) is 2.13. The molecule has 3 heteroatoms. The summed E-state index contributed by atoms with van der Waals surface area (Å²) < 4.78 is 5.65. The molecule has 0 bridgehead atoms. The molecule has 1 rings (SSSR count). The first-order valence-corrected chi connectivity index (χ1v) is 5.04. The lowest BCUT2D eigenvalue weighted by atomic mass is 10.1. The van der Waals surface area contributed by atoms with Gasteiger partial charge in [0.05, 0.1) is 18.3 Å². The molecule has 0 aromatic rings. The fourth-order valence-corrected chi connectivity index (χ4v) is 2.13. The first kappa shape index (κ1) is 11.0. The monoisotopic (exact) mass is 187 g/mol. The van der Waals surface area contributed by atoms with E-state index in [4.69, 9.17) is 4.74 Å². The minimum Gasteiger partial charge on any atom is -0.392 e. The van der Waals surface area contributed by atoms with E-state index in [1.807, 2.05) is 6.92 Å². The van der Waals surface area contributed by atoms with Crippen molar-refractivity contribution >= 4 is 0 Å². The zero-order valence-electron chi connectivity index (χ0n) is 9.03. The highest BCUT2D eigenvalue weighted by Crippen LogP contribution is 2.23. The lowest BCUT2D eigenvalue weighted by Gasteiger charge is -2.27. The Hall–Kier alpha value is -0.120. The van der Waals surface area contributed by atoms with E-state index in [9.17, 15) is 5.11 Å². The lowest BCUT2D eigenvalue weighted by molar-refractivity contribution is 0.0371. The van der Waals surface area contributed by atoms with Crippen LogP contribution in [-0.4, -0.2) is 48.0 Å². The molecule has 1 saturated heterocycles. The van der Waals surface area contributed by atoms with Crippen LogP contribution in [0.25, 0.3) is 0 Å². The van der Waals surface area contributed by atoms with Gasteiger partial charge in [0.25, 0.3) is 0 Å². The highest BCUT2D eigenvalue weighted by Gasteiger charge is 2.32. The maximum atomic E-state index is 9.25. The van der Waals surface area contributed by atoms with E-state index in [1.165, 1.54) is 0 Å². The molecule has 0 aliphatic carbocycles. The largest absolute Gasteiger partial charge is 0.392 e. The predicted octanol–water partition coefficient (Wildman–Crippen LogP) is 0.865. The second-order valence-electron chi connectivity index (χ2n) is 4.24. The van der Waals surface area contributed by atoms with E-state index in [-0.39, 0.29) is 6.10 Å². The van der Waals surface area contributed by atoms with Gasteiger partial charge in [-0.25, -0.2) is 0 Å². The lowest BCUT2D eigenvalue weighted by Crippen LogP contribution is -2.40. The number of aliphatic hydroxyl groups is 1. The minimum atomic E-state index is -0.256. The minimum absolute atomic E-state index is 0.256.